The lowest BCUT2D eigenvalue weighted by atomic mass is 9.86. The molecule has 0 bridgehead atoms. The highest BCUT2D eigenvalue weighted by Crippen LogP contribution is 2.34. The third kappa shape index (κ3) is 3.62. The maximum Gasteiger partial charge on any atom is 0.226 e. The van der Waals surface area contributed by atoms with Crippen LogP contribution < -0.4 is 0 Å². The van der Waals surface area contributed by atoms with Gasteiger partial charge in [0.25, 0.3) is 0 Å². The molecule has 114 valence electrons. The molecule has 3 unspecified atom stereocenters. The van der Waals surface area contributed by atoms with Crippen LogP contribution in [0.15, 0.2) is 0 Å². The Morgan fingerprint density at radius 1 is 1.25 bits per heavy atom. The van der Waals surface area contributed by atoms with Crippen molar-refractivity contribution in [3.8, 4) is 0 Å². The number of nitrogens with zero attached hydrogens (tertiary/aromatic N) is 1. The van der Waals surface area contributed by atoms with Crippen LogP contribution in [-0.4, -0.2) is 29.7 Å². The number of amides is 1. The maximum atomic E-state index is 12.6. The first kappa shape index (κ1) is 15.5. The van der Waals surface area contributed by atoms with Crippen LogP contribution in [0, 0.1) is 11.8 Å². The van der Waals surface area contributed by atoms with Crippen molar-refractivity contribution < 1.29 is 9.59 Å². The standard InChI is InChI=1S/C17H29NO2/c1-3-4-7-13-8-6-11-16(13)18(2)17(20)14-9-5-10-15(19)12-14/h13-14,16H,3-12H2,1-2H3. The summed E-state index contributed by atoms with van der Waals surface area (Å²) in [5, 5.41) is 0. The van der Waals surface area contributed by atoms with Gasteiger partial charge in [-0.15, -0.1) is 0 Å². The third-order valence-electron chi connectivity index (χ3n) is 5.22. The second-order valence-electron chi connectivity index (χ2n) is 6.68. The van der Waals surface area contributed by atoms with E-state index in [0.717, 1.165) is 19.3 Å². The molecule has 2 saturated carbocycles. The Morgan fingerprint density at radius 3 is 2.75 bits per heavy atom. The van der Waals surface area contributed by atoms with Crippen LogP contribution in [0.2, 0.25) is 0 Å². The van der Waals surface area contributed by atoms with Gasteiger partial charge < -0.3 is 4.90 Å². The highest BCUT2D eigenvalue weighted by atomic mass is 16.2. The molecular weight excluding hydrogens is 250 g/mol. The molecule has 0 aliphatic heterocycles. The zero-order chi connectivity index (χ0) is 14.5. The van der Waals surface area contributed by atoms with Gasteiger partial charge in [0.15, 0.2) is 0 Å². The SMILES string of the molecule is CCCCC1CCCC1N(C)C(=O)C1CCCC(=O)C1. The Hall–Kier alpha value is -0.860. The summed E-state index contributed by atoms with van der Waals surface area (Å²) in [5.74, 6) is 1.15. The van der Waals surface area contributed by atoms with Gasteiger partial charge >= 0.3 is 0 Å². The minimum Gasteiger partial charge on any atom is -0.342 e. The van der Waals surface area contributed by atoms with E-state index >= 15 is 0 Å². The average molecular weight is 279 g/mol. The number of hydrogen-bond donors (Lipinski definition) is 0. The van der Waals surface area contributed by atoms with E-state index in [4.69, 9.17) is 0 Å². The Kier molecular flexibility index (Phi) is 5.62. The molecular formula is C17H29NO2. The van der Waals surface area contributed by atoms with E-state index in [2.05, 4.69) is 6.92 Å². The fourth-order valence-electron chi connectivity index (χ4n) is 4.02. The zero-order valence-corrected chi connectivity index (χ0v) is 13.1. The highest BCUT2D eigenvalue weighted by molar-refractivity contribution is 5.88. The van der Waals surface area contributed by atoms with E-state index in [0.29, 0.717) is 24.8 Å². The smallest absolute Gasteiger partial charge is 0.226 e. The molecule has 0 aromatic carbocycles. The normalized spacial score (nSPS) is 30.5. The Balaban J connectivity index is 1.93. The molecule has 0 aromatic heterocycles. The van der Waals surface area contributed by atoms with Gasteiger partial charge in [0, 0.05) is 31.8 Å². The van der Waals surface area contributed by atoms with Crippen LogP contribution in [-0.2, 0) is 9.59 Å². The lowest BCUT2D eigenvalue weighted by molar-refractivity contribution is -0.141. The monoisotopic (exact) mass is 279 g/mol. The maximum absolute atomic E-state index is 12.6. The molecule has 0 saturated heterocycles. The highest BCUT2D eigenvalue weighted by Gasteiger charge is 2.35. The summed E-state index contributed by atoms with van der Waals surface area (Å²) >= 11 is 0. The second-order valence-corrected chi connectivity index (χ2v) is 6.68. The van der Waals surface area contributed by atoms with Gasteiger partial charge in [-0.05, 0) is 38.0 Å². The van der Waals surface area contributed by atoms with E-state index in [1.165, 1.54) is 32.1 Å². The second kappa shape index (κ2) is 7.24. The van der Waals surface area contributed by atoms with Gasteiger partial charge in [0.05, 0.1) is 0 Å². The fourth-order valence-corrected chi connectivity index (χ4v) is 4.02. The summed E-state index contributed by atoms with van der Waals surface area (Å²) in [5.41, 5.74) is 0. The van der Waals surface area contributed by atoms with Gasteiger partial charge in [-0.3, -0.25) is 9.59 Å². The van der Waals surface area contributed by atoms with Crippen LogP contribution >= 0.6 is 0 Å². The van der Waals surface area contributed by atoms with Crippen LogP contribution in [0.25, 0.3) is 0 Å². The van der Waals surface area contributed by atoms with Crippen molar-refractivity contribution in [2.45, 2.75) is 77.2 Å². The van der Waals surface area contributed by atoms with Crippen molar-refractivity contribution in [1.82, 2.24) is 4.90 Å². The molecule has 20 heavy (non-hydrogen) atoms. The van der Waals surface area contributed by atoms with E-state index in [-0.39, 0.29) is 17.6 Å². The van der Waals surface area contributed by atoms with Crippen molar-refractivity contribution in [3.05, 3.63) is 0 Å². The van der Waals surface area contributed by atoms with Crippen LogP contribution in [0.5, 0.6) is 0 Å². The van der Waals surface area contributed by atoms with Crippen molar-refractivity contribution in [3.63, 3.8) is 0 Å². The van der Waals surface area contributed by atoms with E-state index < -0.39 is 0 Å². The van der Waals surface area contributed by atoms with Crippen LogP contribution in [0.3, 0.4) is 0 Å². The first-order valence-electron chi connectivity index (χ1n) is 8.41. The first-order valence-corrected chi connectivity index (χ1v) is 8.41. The first-order chi connectivity index (χ1) is 9.63. The molecule has 0 N–H and O–H groups in total. The van der Waals surface area contributed by atoms with E-state index in [1.54, 1.807) is 0 Å². The lowest BCUT2D eigenvalue weighted by Gasteiger charge is -2.33. The van der Waals surface area contributed by atoms with Crippen LogP contribution in [0.4, 0.5) is 0 Å². The number of rotatable bonds is 5. The summed E-state index contributed by atoms with van der Waals surface area (Å²) in [7, 11) is 1.97. The molecule has 2 aliphatic carbocycles. The summed E-state index contributed by atoms with van der Waals surface area (Å²) in [4.78, 5) is 26.2. The molecule has 2 fully saturated rings. The van der Waals surface area contributed by atoms with E-state index in [9.17, 15) is 9.59 Å². The van der Waals surface area contributed by atoms with Gasteiger partial charge in [-0.2, -0.15) is 0 Å². The molecule has 3 nitrogen and oxygen atoms in total. The predicted octanol–water partition coefficient (Wildman–Crippen LogP) is 3.56. The Morgan fingerprint density at radius 2 is 2.05 bits per heavy atom. The summed E-state index contributed by atoms with van der Waals surface area (Å²) in [6.45, 7) is 2.23. The number of carbonyl (C=O) groups excluding carboxylic acids is 2. The summed E-state index contributed by atoms with van der Waals surface area (Å²) < 4.78 is 0. The number of Topliss-reactive ketones (excluding diaryl/α,β-unsaturated/α-hetero) is 1. The van der Waals surface area contributed by atoms with Crippen molar-refractivity contribution in [2.75, 3.05) is 7.05 Å². The average Bonchev–Trinajstić information content (AvgIpc) is 2.91. The van der Waals surface area contributed by atoms with Crippen molar-refractivity contribution in [2.24, 2.45) is 11.8 Å². The molecule has 0 spiro atoms. The molecule has 3 atom stereocenters. The number of hydrogen-bond acceptors (Lipinski definition) is 2. The van der Waals surface area contributed by atoms with E-state index in [1.807, 2.05) is 11.9 Å². The van der Waals surface area contributed by atoms with Gasteiger partial charge in [0.1, 0.15) is 5.78 Å². The molecule has 0 aromatic rings. The van der Waals surface area contributed by atoms with Crippen LogP contribution in [0.1, 0.15) is 71.1 Å². The van der Waals surface area contributed by atoms with Crippen molar-refractivity contribution >= 4 is 11.7 Å². The summed E-state index contributed by atoms with van der Waals surface area (Å²) in [6.07, 6.45) is 10.4. The topological polar surface area (TPSA) is 37.4 Å². The molecule has 2 aliphatic rings. The Bertz CT molecular complexity index is 353. The van der Waals surface area contributed by atoms with Crippen molar-refractivity contribution in [1.29, 1.82) is 0 Å². The van der Waals surface area contributed by atoms with Gasteiger partial charge in [0.2, 0.25) is 5.91 Å². The quantitative estimate of drug-likeness (QED) is 0.771. The molecule has 1 amide bonds. The van der Waals surface area contributed by atoms with Gasteiger partial charge in [-0.25, -0.2) is 0 Å². The third-order valence-corrected chi connectivity index (χ3v) is 5.22. The predicted molar refractivity (Wildman–Crippen MR) is 80.4 cm³/mol. The molecule has 3 heteroatoms. The summed E-state index contributed by atoms with van der Waals surface area (Å²) in [6, 6.07) is 0.422. The molecule has 2 rings (SSSR count). The minimum absolute atomic E-state index is 0.0336. The number of ketones is 1. The number of unbranched alkanes of at least 4 members (excludes halogenated alkanes) is 1. The fraction of sp³-hybridized carbons (Fsp3) is 0.882. The number of carbonyl (C=O) groups is 2. The largest absolute Gasteiger partial charge is 0.342 e. The molecule has 0 radical (unpaired) electrons. The lowest BCUT2D eigenvalue weighted by Crippen LogP contribution is -2.43. The Labute approximate surface area is 123 Å². The van der Waals surface area contributed by atoms with Gasteiger partial charge in [-0.1, -0.05) is 26.2 Å². The minimum atomic E-state index is -0.0336. The molecule has 0 heterocycles. The zero-order valence-electron chi connectivity index (χ0n) is 13.1.